The third-order valence-corrected chi connectivity index (χ3v) is 8.82. The van der Waals surface area contributed by atoms with Gasteiger partial charge < -0.3 is 14.9 Å². The first-order valence-electron chi connectivity index (χ1n) is 11.9. The molecule has 8 nitrogen and oxygen atoms in total. The van der Waals surface area contributed by atoms with E-state index in [1.54, 1.807) is 0 Å². The predicted octanol–water partition coefficient (Wildman–Crippen LogP) is 5.88. The molecular formula is C26H28N6O2S2. The van der Waals surface area contributed by atoms with Crippen molar-refractivity contribution in [2.75, 3.05) is 22.6 Å². The van der Waals surface area contributed by atoms with Gasteiger partial charge >= 0.3 is 5.97 Å². The zero-order chi connectivity index (χ0) is 25.2. The number of thioether (sulfide) groups is 1. The summed E-state index contributed by atoms with van der Waals surface area (Å²) in [6, 6.07) is 16.4. The standard InChI is InChI=1S/C26H28N6O2S2/c1-4-5-14-35-26-31(3)21-16(2)36-23(25(33)34)22(21)32(26)15-17-10-12-18(13-11-17)19-8-6-7-9-20(19)24-27-29-30-28-24/h6-13,26H,4-5,14-15H2,1-3H3,(H,33,34)(H,27,28,29,30). The van der Waals surface area contributed by atoms with Gasteiger partial charge in [0.25, 0.3) is 0 Å². The number of nitrogens with one attached hydrogen (secondary N) is 1. The number of aromatic carboxylic acids is 1. The van der Waals surface area contributed by atoms with Crippen LogP contribution in [0.15, 0.2) is 48.5 Å². The Labute approximate surface area is 218 Å². The number of unbranched alkanes of at least 4 members (excludes halogenated alkanes) is 1. The van der Waals surface area contributed by atoms with E-state index in [2.05, 4.69) is 74.7 Å². The molecule has 2 N–H and O–H groups in total. The van der Waals surface area contributed by atoms with E-state index in [1.807, 2.05) is 36.9 Å². The summed E-state index contributed by atoms with van der Waals surface area (Å²) in [6.07, 6.45) is 2.27. The number of hydrogen-bond donors (Lipinski definition) is 2. The topological polar surface area (TPSA) is 98.2 Å². The van der Waals surface area contributed by atoms with Crippen LogP contribution in [0.2, 0.25) is 0 Å². The van der Waals surface area contributed by atoms with E-state index in [-0.39, 0.29) is 5.50 Å². The lowest BCUT2D eigenvalue weighted by molar-refractivity contribution is 0.0703. The van der Waals surface area contributed by atoms with Gasteiger partial charge in [-0.2, -0.15) is 5.21 Å². The normalized spacial score (nSPS) is 14.9. The number of thiophene rings is 1. The lowest BCUT2D eigenvalue weighted by Crippen LogP contribution is -2.39. The third-order valence-electron chi connectivity index (χ3n) is 6.36. The minimum absolute atomic E-state index is 0.0605. The number of hydrogen-bond acceptors (Lipinski definition) is 8. The molecule has 10 heteroatoms. The zero-order valence-corrected chi connectivity index (χ0v) is 22.1. The van der Waals surface area contributed by atoms with Crippen LogP contribution in [0.25, 0.3) is 22.5 Å². The van der Waals surface area contributed by atoms with Gasteiger partial charge in [-0.3, -0.25) is 0 Å². The van der Waals surface area contributed by atoms with Crippen LogP contribution in [0.3, 0.4) is 0 Å². The SMILES string of the molecule is CCCCSC1N(C)c2c(C)sc(C(=O)O)c2N1Cc1ccc(-c2ccccc2-c2nn[nH]n2)cc1. The first-order chi connectivity index (χ1) is 17.5. The van der Waals surface area contributed by atoms with Gasteiger partial charge in [-0.05, 0) is 41.0 Å². The largest absolute Gasteiger partial charge is 0.477 e. The maximum absolute atomic E-state index is 12.1. The monoisotopic (exact) mass is 520 g/mol. The van der Waals surface area contributed by atoms with Gasteiger partial charge in [-0.25, -0.2) is 4.79 Å². The van der Waals surface area contributed by atoms with Gasteiger partial charge in [0.05, 0.1) is 11.4 Å². The molecule has 0 radical (unpaired) electrons. The van der Waals surface area contributed by atoms with Crippen LogP contribution in [0.5, 0.6) is 0 Å². The minimum atomic E-state index is -0.865. The maximum atomic E-state index is 12.1. The Morgan fingerprint density at radius 2 is 1.89 bits per heavy atom. The van der Waals surface area contributed by atoms with Crippen LogP contribution in [-0.2, 0) is 6.54 Å². The molecule has 1 atom stereocenters. The number of carboxylic acids is 1. The number of H-pyrrole nitrogens is 1. The molecule has 36 heavy (non-hydrogen) atoms. The second kappa shape index (κ2) is 10.3. The average Bonchev–Trinajstić information content (AvgIpc) is 3.59. The molecular weight excluding hydrogens is 492 g/mol. The molecule has 4 aromatic rings. The number of aromatic amines is 1. The molecule has 2 aromatic heterocycles. The molecule has 186 valence electrons. The van der Waals surface area contributed by atoms with Crippen molar-refractivity contribution in [3.8, 4) is 22.5 Å². The van der Waals surface area contributed by atoms with E-state index >= 15 is 0 Å². The molecule has 1 aliphatic heterocycles. The zero-order valence-electron chi connectivity index (χ0n) is 20.4. The summed E-state index contributed by atoms with van der Waals surface area (Å²) >= 11 is 3.24. The molecule has 1 aliphatic rings. The van der Waals surface area contributed by atoms with Gasteiger partial charge in [0.15, 0.2) is 5.50 Å². The minimum Gasteiger partial charge on any atom is -0.477 e. The van der Waals surface area contributed by atoms with Crippen molar-refractivity contribution in [1.29, 1.82) is 0 Å². The fraction of sp³-hybridized carbons (Fsp3) is 0.308. The molecule has 0 fully saturated rings. The van der Waals surface area contributed by atoms with Crippen LogP contribution in [0, 0.1) is 6.92 Å². The Kier molecular flexibility index (Phi) is 6.97. The highest BCUT2D eigenvalue weighted by Gasteiger charge is 2.40. The van der Waals surface area contributed by atoms with Crippen molar-refractivity contribution in [3.63, 3.8) is 0 Å². The van der Waals surface area contributed by atoms with Crippen molar-refractivity contribution in [3.05, 3.63) is 63.8 Å². The molecule has 2 aromatic carbocycles. The number of benzene rings is 2. The molecule has 0 amide bonds. The lowest BCUT2D eigenvalue weighted by Gasteiger charge is -2.31. The summed E-state index contributed by atoms with van der Waals surface area (Å²) in [5, 5.41) is 24.4. The number of anilines is 2. The second-order valence-electron chi connectivity index (χ2n) is 8.76. The molecule has 1 unspecified atom stereocenters. The fourth-order valence-corrected chi connectivity index (χ4v) is 7.06. The van der Waals surface area contributed by atoms with E-state index < -0.39 is 5.97 Å². The van der Waals surface area contributed by atoms with Crippen LogP contribution in [0.1, 0.15) is 39.9 Å². The third kappa shape index (κ3) is 4.46. The molecule has 0 saturated heterocycles. The Balaban J connectivity index is 1.46. The number of carbonyl (C=O) groups is 1. The quantitative estimate of drug-likeness (QED) is 0.264. The number of nitrogens with zero attached hydrogens (tertiary/aromatic N) is 5. The van der Waals surface area contributed by atoms with Crippen molar-refractivity contribution < 1.29 is 9.90 Å². The second-order valence-corrected chi connectivity index (χ2v) is 11.1. The van der Waals surface area contributed by atoms with E-state index in [1.165, 1.54) is 11.3 Å². The fourth-order valence-electron chi connectivity index (χ4n) is 4.66. The van der Waals surface area contributed by atoms with Gasteiger partial charge in [0, 0.05) is 24.0 Å². The lowest BCUT2D eigenvalue weighted by atomic mass is 9.98. The van der Waals surface area contributed by atoms with Gasteiger partial charge in [-0.15, -0.1) is 33.3 Å². The number of aromatic nitrogens is 4. The summed E-state index contributed by atoms with van der Waals surface area (Å²) in [6.45, 7) is 4.84. The van der Waals surface area contributed by atoms with Crippen LogP contribution < -0.4 is 9.80 Å². The van der Waals surface area contributed by atoms with E-state index in [0.29, 0.717) is 17.2 Å². The summed E-state index contributed by atoms with van der Waals surface area (Å²) < 4.78 is 0. The summed E-state index contributed by atoms with van der Waals surface area (Å²) in [7, 11) is 2.08. The Morgan fingerprint density at radius 3 is 2.56 bits per heavy atom. The van der Waals surface area contributed by atoms with Crippen molar-refractivity contribution >= 4 is 40.4 Å². The molecule has 0 saturated carbocycles. The predicted molar refractivity (Wildman–Crippen MR) is 147 cm³/mol. The Morgan fingerprint density at radius 1 is 1.14 bits per heavy atom. The smallest absolute Gasteiger partial charge is 0.348 e. The molecule has 5 rings (SSSR count). The number of rotatable bonds is 9. The van der Waals surface area contributed by atoms with Gasteiger partial charge in [-0.1, -0.05) is 61.9 Å². The molecule has 0 bridgehead atoms. The first-order valence-corrected chi connectivity index (χ1v) is 13.8. The number of aryl methyl sites for hydroxylation is 1. The highest BCUT2D eigenvalue weighted by Crippen LogP contribution is 2.51. The van der Waals surface area contributed by atoms with E-state index in [4.69, 9.17) is 0 Å². The number of carboxylic acid groups (broad SMARTS) is 1. The van der Waals surface area contributed by atoms with Crippen molar-refractivity contribution in [2.45, 2.75) is 38.7 Å². The first kappa shape index (κ1) is 24.3. The molecule has 0 spiro atoms. The van der Waals surface area contributed by atoms with Gasteiger partial charge in [0.1, 0.15) is 4.88 Å². The Bertz CT molecular complexity index is 1350. The summed E-state index contributed by atoms with van der Waals surface area (Å²) in [5.74, 6) is 0.724. The van der Waals surface area contributed by atoms with Crippen LogP contribution in [0.4, 0.5) is 11.4 Å². The number of tetrazole rings is 1. The van der Waals surface area contributed by atoms with Crippen LogP contribution in [-0.4, -0.2) is 50.0 Å². The van der Waals surface area contributed by atoms with Crippen LogP contribution >= 0.6 is 23.1 Å². The van der Waals surface area contributed by atoms with Crippen molar-refractivity contribution in [2.24, 2.45) is 0 Å². The molecule has 3 heterocycles. The summed E-state index contributed by atoms with van der Waals surface area (Å²) in [5.41, 5.74) is 6.07. The molecule has 0 aliphatic carbocycles. The van der Waals surface area contributed by atoms with Gasteiger partial charge in [0.2, 0.25) is 5.82 Å². The maximum Gasteiger partial charge on any atom is 0.348 e. The highest BCUT2D eigenvalue weighted by atomic mass is 32.2. The number of fused-ring (bicyclic) bond motifs is 1. The Hall–Kier alpha value is -3.37. The average molecular weight is 521 g/mol. The van der Waals surface area contributed by atoms with E-state index in [0.717, 1.165) is 57.1 Å². The summed E-state index contributed by atoms with van der Waals surface area (Å²) in [4.78, 5) is 18.1. The highest BCUT2D eigenvalue weighted by molar-refractivity contribution is 8.00. The van der Waals surface area contributed by atoms with E-state index in [9.17, 15) is 9.90 Å². The van der Waals surface area contributed by atoms with Crippen molar-refractivity contribution in [1.82, 2.24) is 20.6 Å².